The summed E-state index contributed by atoms with van der Waals surface area (Å²) >= 11 is 0. The fraction of sp³-hybridized carbons (Fsp3) is 0.529. The van der Waals surface area contributed by atoms with Gasteiger partial charge in [-0.15, -0.1) is 0 Å². The van der Waals surface area contributed by atoms with E-state index in [1.165, 1.54) is 107 Å². The Hall–Kier alpha value is -3.12. The van der Waals surface area contributed by atoms with Gasteiger partial charge in [-0.25, -0.2) is 4.98 Å². The average molecular weight is 535 g/mol. The van der Waals surface area contributed by atoms with Gasteiger partial charge in [0, 0.05) is 66.7 Å². The molecule has 2 saturated carbocycles. The van der Waals surface area contributed by atoms with Crippen molar-refractivity contribution in [1.82, 2.24) is 24.2 Å². The quantitative estimate of drug-likeness (QED) is 0.363. The predicted octanol–water partition coefficient (Wildman–Crippen LogP) is 6.72. The first-order chi connectivity index (χ1) is 19.6. The van der Waals surface area contributed by atoms with Crippen molar-refractivity contribution in [2.75, 3.05) is 31.1 Å². The molecule has 5 aliphatic rings. The van der Waals surface area contributed by atoms with Gasteiger partial charge in [-0.1, -0.05) is 38.3 Å². The van der Waals surface area contributed by atoms with E-state index in [1.54, 1.807) is 0 Å². The maximum Gasteiger partial charge on any atom is 0.137 e. The molecule has 2 aliphatic carbocycles. The Labute approximate surface area is 238 Å². The highest BCUT2D eigenvalue weighted by Crippen LogP contribution is 2.49. The van der Waals surface area contributed by atoms with E-state index in [0.29, 0.717) is 17.4 Å². The lowest BCUT2D eigenvalue weighted by molar-refractivity contribution is 0.0305. The van der Waals surface area contributed by atoms with Gasteiger partial charge in [-0.05, 0) is 74.7 Å². The number of nitrogens with zero attached hydrogens (tertiary/aromatic N) is 6. The third-order valence-electron chi connectivity index (χ3n) is 11.0. The zero-order chi connectivity index (χ0) is 26.7. The molecule has 4 fully saturated rings. The number of fused-ring (bicyclic) bond motifs is 2. The molecule has 3 aliphatic heterocycles. The lowest BCUT2D eigenvalue weighted by Gasteiger charge is -2.54. The number of imidazole rings is 1. The van der Waals surface area contributed by atoms with E-state index in [9.17, 15) is 0 Å². The van der Waals surface area contributed by atoms with Crippen LogP contribution < -0.4 is 4.90 Å². The molecular weight excluding hydrogens is 492 g/mol. The number of likely N-dealkylation sites (tertiary alicyclic amines) is 1. The van der Waals surface area contributed by atoms with Crippen LogP contribution in [-0.4, -0.2) is 50.3 Å². The number of pyridine rings is 2. The Balaban J connectivity index is 0.943. The molecule has 6 heterocycles. The largest absolute Gasteiger partial charge is 0.369 e. The molecule has 2 spiro atoms. The van der Waals surface area contributed by atoms with Crippen LogP contribution in [0.25, 0.3) is 17.4 Å². The van der Waals surface area contributed by atoms with Crippen molar-refractivity contribution in [2.45, 2.75) is 77.3 Å². The van der Waals surface area contributed by atoms with E-state index in [1.807, 2.05) is 6.20 Å². The van der Waals surface area contributed by atoms with Crippen molar-refractivity contribution in [3.05, 3.63) is 72.1 Å². The molecule has 8 rings (SSSR count). The number of anilines is 1. The van der Waals surface area contributed by atoms with E-state index in [0.717, 1.165) is 29.1 Å². The third kappa shape index (κ3) is 4.27. The van der Waals surface area contributed by atoms with Crippen LogP contribution >= 0.6 is 0 Å². The molecule has 3 aromatic rings. The van der Waals surface area contributed by atoms with Crippen LogP contribution in [0.15, 0.2) is 49.7 Å². The second kappa shape index (κ2) is 9.47. The Morgan fingerprint density at radius 1 is 0.825 bits per heavy atom. The van der Waals surface area contributed by atoms with Gasteiger partial charge in [0.15, 0.2) is 0 Å². The summed E-state index contributed by atoms with van der Waals surface area (Å²) in [6, 6.07) is 4.44. The zero-order valence-corrected chi connectivity index (χ0v) is 23.8. The Kier molecular flexibility index (Phi) is 5.84. The van der Waals surface area contributed by atoms with Gasteiger partial charge >= 0.3 is 0 Å². The molecule has 0 unspecified atom stereocenters. The molecule has 0 bridgehead atoms. The van der Waals surface area contributed by atoms with Crippen LogP contribution in [-0.2, 0) is 13.1 Å². The zero-order valence-electron chi connectivity index (χ0n) is 23.8. The molecule has 6 heteroatoms. The van der Waals surface area contributed by atoms with E-state index in [4.69, 9.17) is 4.98 Å². The summed E-state index contributed by atoms with van der Waals surface area (Å²) in [7, 11) is 0. The van der Waals surface area contributed by atoms with Crippen LogP contribution in [0, 0.1) is 10.8 Å². The molecule has 208 valence electrons. The number of piperidine rings is 1. The maximum absolute atomic E-state index is 4.95. The van der Waals surface area contributed by atoms with Crippen LogP contribution in [0.3, 0.4) is 0 Å². The van der Waals surface area contributed by atoms with Gasteiger partial charge in [0.1, 0.15) is 5.65 Å². The molecule has 40 heavy (non-hydrogen) atoms. The van der Waals surface area contributed by atoms with Gasteiger partial charge in [-0.2, -0.15) is 0 Å². The number of hydrogen-bond acceptors (Lipinski definition) is 5. The molecule has 0 aromatic carbocycles. The van der Waals surface area contributed by atoms with Gasteiger partial charge < -0.3 is 14.2 Å². The maximum atomic E-state index is 4.95. The molecule has 0 atom stereocenters. The molecule has 2 saturated heterocycles. The monoisotopic (exact) mass is 534 g/mol. The topological polar surface area (TPSA) is 39.9 Å². The van der Waals surface area contributed by atoms with Crippen molar-refractivity contribution in [2.24, 2.45) is 10.8 Å². The van der Waals surface area contributed by atoms with Crippen molar-refractivity contribution in [1.29, 1.82) is 0 Å². The summed E-state index contributed by atoms with van der Waals surface area (Å²) in [5.74, 6) is 0. The van der Waals surface area contributed by atoms with Crippen LogP contribution in [0.5, 0.6) is 0 Å². The second-order valence-corrected chi connectivity index (χ2v) is 13.6. The van der Waals surface area contributed by atoms with Gasteiger partial charge in [-0.3, -0.25) is 9.88 Å². The first-order valence-corrected chi connectivity index (χ1v) is 15.6. The first-order valence-electron chi connectivity index (χ1n) is 15.6. The second-order valence-electron chi connectivity index (χ2n) is 13.6. The first kappa shape index (κ1) is 24.7. The highest BCUT2D eigenvalue weighted by molar-refractivity contribution is 5.83. The van der Waals surface area contributed by atoms with Gasteiger partial charge in [0.25, 0.3) is 0 Å². The summed E-state index contributed by atoms with van der Waals surface area (Å²) in [5.41, 5.74) is 9.38. The summed E-state index contributed by atoms with van der Waals surface area (Å²) in [6.07, 6.45) is 27.1. The normalized spacial score (nSPS) is 23.4. The standard InChI is InChI=1S/C34H42N6/c1-26-30-18-35-19-31(40-24-34(25-40)9-3-2-4-10-34)29(30)8-15-38(26)22-28-23-39-21-27(6-7-32(39)36-28)20-37-16-13-33(14-17-37)11-5-12-33/h6-8,15,18-19,21,23H,1-5,9-14,16-17,20,22,24-25H2. The molecule has 0 N–H and O–H groups in total. The minimum absolute atomic E-state index is 0.554. The van der Waals surface area contributed by atoms with E-state index >= 15 is 0 Å². The molecule has 3 aromatic heterocycles. The van der Waals surface area contributed by atoms with Crippen molar-refractivity contribution in [3.8, 4) is 0 Å². The fourth-order valence-electron chi connectivity index (χ4n) is 8.28. The molecule has 0 amide bonds. The van der Waals surface area contributed by atoms with Crippen molar-refractivity contribution >= 4 is 23.1 Å². The minimum Gasteiger partial charge on any atom is -0.369 e. The summed E-state index contributed by atoms with van der Waals surface area (Å²) in [4.78, 5) is 17.0. The minimum atomic E-state index is 0.554. The molecule has 0 radical (unpaired) electrons. The van der Waals surface area contributed by atoms with Crippen molar-refractivity contribution in [3.63, 3.8) is 0 Å². The number of hydrogen-bond donors (Lipinski definition) is 0. The lowest BCUT2D eigenvalue weighted by Crippen LogP contribution is -2.57. The molecular formula is C34H42N6. The van der Waals surface area contributed by atoms with Crippen LogP contribution in [0.4, 0.5) is 5.69 Å². The summed E-state index contributed by atoms with van der Waals surface area (Å²) in [5, 5.41) is 0. The summed E-state index contributed by atoms with van der Waals surface area (Å²) < 4.78 is 2.21. The lowest BCUT2D eigenvalue weighted by atomic mass is 9.63. The molecule has 6 nitrogen and oxygen atoms in total. The van der Waals surface area contributed by atoms with E-state index < -0.39 is 0 Å². The van der Waals surface area contributed by atoms with E-state index in [2.05, 4.69) is 73.7 Å². The SMILES string of the molecule is C=C1c2cncc(N3CC4(CCCCC4)C3)c2C=CN1Cc1cn2cc(CN3CCC4(CCC4)CC3)ccc2n1. The highest BCUT2D eigenvalue weighted by atomic mass is 15.2. The highest BCUT2D eigenvalue weighted by Gasteiger charge is 2.44. The Morgan fingerprint density at radius 3 is 2.40 bits per heavy atom. The Bertz CT molecular complexity index is 1450. The Morgan fingerprint density at radius 2 is 1.62 bits per heavy atom. The number of aromatic nitrogens is 3. The number of rotatable bonds is 5. The van der Waals surface area contributed by atoms with E-state index in [-0.39, 0.29) is 0 Å². The third-order valence-corrected chi connectivity index (χ3v) is 11.0. The van der Waals surface area contributed by atoms with Gasteiger partial charge in [0.05, 0.1) is 24.1 Å². The predicted molar refractivity (Wildman–Crippen MR) is 162 cm³/mol. The average Bonchev–Trinajstić information content (AvgIpc) is 3.35. The smallest absolute Gasteiger partial charge is 0.137 e. The van der Waals surface area contributed by atoms with Crippen molar-refractivity contribution < 1.29 is 0 Å². The van der Waals surface area contributed by atoms with Crippen LogP contribution in [0.2, 0.25) is 0 Å². The fourth-order valence-corrected chi connectivity index (χ4v) is 8.28. The van der Waals surface area contributed by atoms with Gasteiger partial charge in [0.2, 0.25) is 0 Å². The summed E-state index contributed by atoms with van der Waals surface area (Å²) in [6.45, 7) is 11.1. The van der Waals surface area contributed by atoms with Crippen LogP contribution in [0.1, 0.15) is 86.6 Å².